The van der Waals surface area contributed by atoms with Gasteiger partial charge in [0.25, 0.3) is 0 Å². The third-order valence-electron chi connectivity index (χ3n) is 7.58. The van der Waals surface area contributed by atoms with Gasteiger partial charge in [0.15, 0.2) is 0 Å². The van der Waals surface area contributed by atoms with Crippen molar-refractivity contribution in [2.24, 2.45) is 5.92 Å². The van der Waals surface area contributed by atoms with Crippen molar-refractivity contribution in [3.63, 3.8) is 0 Å². The molecule has 4 rings (SSSR count). The average Bonchev–Trinajstić information content (AvgIpc) is 3.65. The zero-order valence-electron chi connectivity index (χ0n) is 19.9. The summed E-state index contributed by atoms with van der Waals surface area (Å²) in [5, 5.41) is 0. The van der Waals surface area contributed by atoms with Gasteiger partial charge in [-0.25, -0.2) is 8.42 Å². The van der Waals surface area contributed by atoms with E-state index in [1.807, 2.05) is 12.1 Å². The third kappa shape index (κ3) is 5.05. The SMILES string of the molecule is CCN1CCC(N(C(=O)C2CCN(S(=O)(=O)c3ccc(C(C)C)cc3)CC2)C2CC2)CC1. The van der Waals surface area contributed by atoms with Crippen LogP contribution >= 0.6 is 0 Å². The number of rotatable bonds is 7. The monoisotopic (exact) mass is 461 g/mol. The molecule has 0 spiro atoms. The molecule has 1 aromatic carbocycles. The summed E-state index contributed by atoms with van der Waals surface area (Å²) in [7, 11) is -3.50. The highest BCUT2D eigenvalue weighted by Gasteiger charge is 2.42. The molecule has 0 bridgehead atoms. The molecule has 2 aliphatic heterocycles. The zero-order chi connectivity index (χ0) is 22.9. The van der Waals surface area contributed by atoms with E-state index in [-0.39, 0.29) is 11.8 Å². The van der Waals surface area contributed by atoms with Gasteiger partial charge in [-0.3, -0.25) is 4.79 Å². The number of likely N-dealkylation sites (tertiary alicyclic amines) is 1. The van der Waals surface area contributed by atoms with Crippen LogP contribution in [-0.4, -0.2) is 73.2 Å². The maximum atomic E-state index is 13.5. The van der Waals surface area contributed by atoms with Gasteiger partial charge in [0.05, 0.1) is 4.90 Å². The van der Waals surface area contributed by atoms with Gasteiger partial charge in [-0.05, 0) is 68.7 Å². The van der Waals surface area contributed by atoms with E-state index in [2.05, 4.69) is 30.6 Å². The normalized spacial score (nSPS) is 22.4. The molecule has 0 aromatic heterocycles. The summed E-state index contributed by atoms with van der Waals surface area (Å²) in [6.07, 6.45) is 5.63. The Morgan fingerprint density at radius 3 is 2.00 bits per heavy atom. The van der Waals surface area contributed by atoms with E-state index in [1.54, 1.807) is 16.4 Å². The lowest BCUT2D eigenvalue weighted by molar-refractivity contribution is -0.141. The number of benzene rings is 1. The largest absolute Gasteiger partial charge is 0.336 e. The fourth-order valence-corrected chi connectivity index (χ4v) is 6.72. The zero-order valence-corrected chi connectivity index (χ0v) is 20.7. The molecule has 2 heterocycles. The second-order valence-electron chi connectivity index (χ2n) is 10.0. The van der Waals surface area contributed by atoms with Crippen LogP contribution in [0.15, 0.2) is 29.2 Å². The fourth-order valence-electron chi connectivity index (χ4n) is 5.25. The standard InChI is InChI=1S/C25H39N3O3S/c1-4-26-15-13-23(14-16-26)28(22-7-8-22)25(29)21-11-17-27(18-12-21)32(30,31)24-9-5-20(6-10-24)19(2)3/h5-6,9-10,19,21-23H,4,7-8,11-18H2,1-3H3. The Morgan fingerprint density at radius 1 is 0.938 bits per heavy atom. The topological polar surface area (TPSA) is 60.9 Å². The molecule has 7 heteroatoms. The minimum Gasteiger partial charge on any atom is -0.336 e. The minimum atomic E-state index is -3.50. The van der Waals surface area contributed by atoms with Crippen LogP contribution in [0.3, 0.4) is 0 Å². The summed E-state index contributed by atoms with van der Waals surface area (Å²) in [6.45, 7) is 10.5. The lowest BCUT2D eigenvalue weighted by Gasteiger charge is -2.41. The van der Waals surface area contributed by atoms with E-state index in [9.17, 15) is 13.2 Å². The molecule has 0 N–H and O–H groups in total. The van der Waals surface area contributed by atoms with Gasteiger partial charge in [-0.15, -0.1) is 0 Å². The van der Waals surface area contributed by atoms with Crippen LogP contribution in [0.2, 0.25) is 0 Å². The highest BCUT2D eigenvalue weighted by atomic mass is 32.2. The van der Waals surface area contributed by atoms with E-state index in [0.29, 0.717) is 48.8 Å². The number of carbonyl (C=O) groups is 1. The van der Waals surface area contributed by atoms with Crippen molar-refractivity contribution >= 4 is 15.9 Å². The lowest BCUT2D eigenvalue weighted by atomic mass is 9.94. The number of carbonyl (C=O) groups excluding carboxylic acids is 1. The Morgan fingerprint density at radius 2 is 1.50 bits per heavy atom. The molecule has 178 valence electrons. The maximum absolute atomic E-state index is 13.5. The molecule has 1 aliphatic carbocycles. The number of piperidine rings is 2. The Kier molecular flexibility index (Phi) is 7.27. The van der Waals surface area contributed by atoms with Crippen LogP contribution < -0.4 is 0 Å². The first-order valence-corrected chi connectivity index (χ1v) is 13.9. The highest BCUT2D eigenvalue weighted by molar-refractivity contribution is 7.89. The third-order valence-corrected chi connectivity index (χ3v) is 9.49. The first kappa shape index (κ1) is 23.7. The molecular formula is C25H39N3O3S. The van der Waals surface area contributed by atoms with Gasteiger partial charge in [0.1, 0.15) is 0 Å². The molecule has 0 atom stereocenters. The van der Waals surface area contributed by atoms with Gasteiger partial charge in [-0.2, -0.15) is 4.31 Å². The predicted octanol–water partition coefficient (Wildman–Crippen LogP) is 3.69. The Hall–Kier alpha value is -1.44. The number of hydrogen-bond donors (Lipinski definition) is 0. The Balaban J connectivity index is 1.37. The molecule has 1 aromatic rings. The van der Waals surface area contributed by atoms with E-state index >= 15 is 0 Å². The van der Waals surface area contributed by atoms with Gasteiger partial charge < -0.3 is 9.80 Å². The molecule has 0 unspecified atom stereocenters. The van der Waals surface area contributed by atoms with Crippen LogP contribution in [0.1, 0.15) is 70.8 Å². The smallest absolute Gasteiger partial charge is 0.243 e. The summed E-state index contributed by atoms with van der Waals surface area (Å²) >= 11 is 0. The molecule has 1 amide bonds. The molecule has 32 heavy (non-hydrogen) atoms. The lowest BCUT2D eigenvalue weighted by Crippen LogP contribution is -2.51. The second-order valence-corrected chi connectivity index (χ2v) is 12.0. The summed E-state index contributed by atoms with van der Waals surface area (Å²) in [5.41, 5.74) is 1.14. The molecule has 2 saturated heterocycles. The molecule has 1 saturated carbocycles. The fraction of sp³-hybridized carbons (Fsp3) is 0.720. The van der Waals surface area contributed by atoms with Crippen molar-refractivity contribution in [3.8, 4) is 0 Å². The number of amides is 1. The molecular weight excluding hydrogens is 422 g/mol. The van der Waals surface area contributed by atoms with Crippen molar-refractivity contribution in [1.29, 1.82) is 0 Å². The summed E-state index contributed by atoms with van der Waals surface area (Å²) < 4.78 is 27.8. The van der Waals surface area contributed by atoms with Gasteiger partial charge in [0.2, 0.25) is 15.9 Å². The second kappa shape index (κ2) is 9.82. The minimum absolute atomic E-state index is 0.0467. The van der Waals surface area contributed by atoms with E-state index < -0.39 is 10.0 Å². The summed E-state index contributed by atoms with van der Waals surface area (Å²) in [4.78, 5) is 18.5. The summed E-state index contributed by atoms with van der Waals surface area (Å²) in [5.74, 6) is 0.604. The quantitative estimate of drug-likeness (QED) is 0.621. The highest BCUT2D eigenvalue weighted by Crippen LogP contribution is 2.35. The molecule has 0 radical (unpaired) electrons. The van der Waals surface area contributed by atoms with Crippen molar-refractivity contribution in [2.75, 3.05) is 32.7 Å². The molecule has 3 fully saturated rings. The summed E-state index contributed by atoms with van der Waals surface area (Å²) in [6, 6.07) is 8.04. The van der Waals surface area contributed by atoms with Crippen LogP contribution in [0.25, 0.3) is 0 Å². The Bertz CT molecular complexity index is 880. The predicted molar refractivity (Wildman–Crippen MR) is 127 cm³/mol. The van der Waals surface area contributed by atoms with Gasteiger partial charge in [0, 0.05) is 44.2 Å². The first-order valence-electron chi connectivity index (χ1n) is 12.5. The van der Waals surface area contributed by atoms with Crippen molar-refractivity contribution in [3.05, 3.63) is 29.8 Å². The van der Waals surface area contributed by atoms with Crippen molar-refractivity contribution in [1.82, 2.24) is 14.1 Å². The van der Waals surface area contributed by atoms with Crippen LogP contribution in [-0.2, 0) is 14.8 Å². The van der Waals surface area contributed by atoms with E-state index in [1.165, 1.54) is 0 Å². The number of hydrogen-bond acceptors (Lipinski definition) is 4. The van der Waals surface area contributed by atoms with Crippen LogP contribution in [0, 0.1) is 5.92 Å². The van der Waals surface area contributed by atoms with E-state index in [0.717, 1.165) is 50.9 Å². The van der Waals surface area contributed by atoms with E-state index in [4.69, 9.17) is 0 Å². The van der Waals surface area contributed by atoms with Gasteiger partial charge in [-0.1, -0.05) is 32.9 Å². The molecule has 3 aliphatic rings. The van der Waals surface area contributed by atoms with Gasteiger partial charge >= 0.3 is 0 Å². The number of nitrogens with zero attached hydrogens (tertiary/aromatic N) is 3. The van der Waals surface area contributed by atoms with Crippen LogP contribution in [0.4, 0.5) is 0 Å². The van der Waals surface area contributed by atoms with Crippen molar-refractivity contribution < 1.29 is 13.2 Å². The molecule has 6 nitrogen and oxygen atoms in total. The maximum Gasteiger partial charge on any atom is 0.243 e. The Labute approximate surface area is 194 Å². The first-order chi connectivity index (χ1) is 15.3. The average molecular weight is 462 g/mol. The number of sulfonamides is 1. The van der Waals surface area contributed by atoms with Crippen molar-refractivity contribution in [2.45, 2.75) is 82.2 Å². The van der Waals surface area contributed by atoms with Crippen LogP contribution in [0.5, 0.6) is 0 Å².